The van der Waals surface area contributed by atoms with E-state index >= 15 is 0 Å². The van der Waals surface area contributed by atoms with E-state index in [2.05, 4.69) is 5.32 Å². The summed E-state index contributed by atoms with van der Waals surface area (Å²) in [4.78, 5) is 23.5. The smallest absolute Gasteiger partial charge is 0.321 e. The Bertz CT molecular complexity index is 503. The first kappa shape index (κ1) is 12.6. The summed E-state index contributed by atoms with van der Waals surface area (Å²) in [6, 6.07) is 3.28. The summed E-state index contributed by atoms with van der Waals surface area (Å²) in [5, 5.41) is 11.3. The number of carbonyl (C=O) groups excluding carboxylic acids is 1. The van der Waals surface area contributed by atoms with E-state index in [4.69, 9.17) is 16.7 Å². The summed E-state index contributed by atoms with van der Waals surface area (Å²) in [7, 11) is 0. The fraction of sp³-hybridized carbons (Fsp3) is 0.273. The standard InChI is InChI=1S/C11H10ClFN2O3/c12-7-1-2-8(13)9(3-7)14-11(18)15-4-6(5-15)10(16)17/h1-3,6H,4-5H2,(H,14,18)(H,16,17). The van der Waals surface area contributed by atoms with Gasteiger partial charge in [-0.15, -0.1) is 0 Å². The first-order valence-electron chi connectivity index (χ1n) is 5.21. The van der Waals surface area contributed by atoms with Crippen LogP contribution in [0.15, 0.2) is 18.2 Å². The van der Waals surface area contributed by atoms with E-state index in [1.54, 1.807) is 0 Å². The zero-order valence-electron chi connectivity index (χ0n) is 9.19. The quantitative estimate of drug-likeness (QED) is 0.865. The summed E-state index contributed by atoms with van der Waals surface area (Å²) >= 11 is 5.68. The average Bonchev–Trinajstić information content (AvgIpc) is 2.20. The number of carbonyl (C=O) groups is 2. The van der Waals surface area contributed by atoms with Crippen molar-refractivity contribution in [2.45, 2.75) is 0 Å². The molecular formula is C11H10ClFN2O3. The zero-order valence-corrected chi connectivity index (χ0v) is 9.95. The highest BCUT2D eigenvalue weighted by molar-refractivity contribution is 6.30. The molecule has 18 heavy (non-hydrogen) atoms. The molecule has 2 amide bonds. The van der Waals surface area contributed by atoms with Gasteiger partial charge in [0.2, 0.25) is 0 Å². The lowest BCUT2D eigenvalue weighted by molar-refractivity contribution is -0.145. The number of hydrogen-bond acceptors (Lipinski definition) is 2. The van der Waals surface area contributed by atoms with E-state index < -0.39 is 23.7 Å². The van der Waals surface area contributed by atoms with Gasteiger partial charge in [-0.25, -0.2) is 9.18 Å². The minimum atomic E-state index is -0.937. The van der Waals surface area contributed by atoms with Crippen LogP contribution < -0.4 is 5.32 Å². The molecule has 2 N–H and O–H groups in total. The van der Waals surface area contributed by atoms with Crippen LogP contribution in [0.1, 0.15) is 0 Å². The van der Waals surface area contributed by atoms with E-state index in [9.17, 15) is 14.0 Å². The van der Waals surface area contributed by atoms with Crippen LogP contribution in [0.3, 0.4) is 0 Å². The third-order valence-electron chi connectivity index (χ3n) is 2.69. The third-order valence-corrected chi connectivity index (χ3v) is 2.92. The van der Waals surface area contributed by atoms with E-state index in [0.717, 1.165) is 6.07 Å². The maximum absolute atomic E-state index is 13.3. The Hall–Kier alpha value is -1.82. The summed E-state index contributed by atoms with van der Waals surface area (Å²) in [6.07, 6.45) is 0. The number of anilines is 1. The number of halogens is 2. The third kappa shape index (κ3) is 2.53. The lowest BCUT2D eigenvalue weighted by Gasteiger charge is -2.36. The molecule has 0 aliphatic carbocycles. The molecule has 1 heterocycles. The van der Waals surface area contributed by atoms with Crippen molar-refractivity contribution in [3.63, 3.8) is 0 Å². The van der Waals surface area contributed by atoms with Crippen LogP contribution in [0.5, 0.6) is 0 Å². The van der Waals surface area contributed by atoms with Crippen LogP contribution in [0, 0.1) is 11.7 Å². The molecular weight excluding hydrogens is 263 g/mol. The fourth-order valence-corrected chi connectivity index (χ4v) is 1.76. The molecule has 5 nitrogen and oxygen atoms in total. The lowest BCUT2D eigenvalue weighted by atomic mass is 10.0. The van der Waals surface area contributed by atoms with Gasteiger partial charge < -0.3 is 15.3 Å². The van der Waals surface area contributed by atoms with E-state index in [1.165, 1.54) is 17.0 Å². The van der Waals surface area contributed by atoms with Crippen molar-refractivity contribution in [1.29, 1.82) is 0 Å². The molecule has 2 rings (SSSR count). The van der Waals surface area contributed by atoms with Crippen molar-refractivity contribution in [2.24, 2.45) is 5.92 Å². The Morgan fingerprint density at radius 3 is 2.72 bits per heavy atom. The largest absolute Gasteiger partial charge is 0.481 e. The summed E-state index contributed by atoms with van der Waals surface area (Å²) in [5.41, 5.74) is -0.0220. The van der Waals surface area contributed by atoms with Crippen molar-refractivity contribution in [3.05, 3.63) is 29.0 Å². The van der Waals surface area contributed by atoms with Gasteiger partial charge in [0.1, 0.15) is 5.82 Å². The van der Waals surface area contributed by atoms with Gasteiger partial charge in [-0.3, -0.25) is 4.79 Å². The first-order valence-corrected chi connectivity index (χ1v) is 5.59. The topological polar surface area (TPSA) is 69.6 Å². The summed E-state index contributed by atoms with van der Waals surface area (Å²) in [5.74, 6) is -2.07. The normalized spacial score (nSPS) is 15.1. The summed E-state index contributed by atoms with van der Waals surface area (Å²) < 4.78 is 13.3. The van der Waals surface area contributed by atoms with Gasteiger partial charge in [-0.1, -0.05) is 11.6 Å². The fourth-order valence-electron chi connectivity index (χ4n) is 1.59. The van der Waals surface area contributed by atoms with Gasteiger partial charge in [-0.05, 0) is 18.2 Å². The second-order valence-corrected chi connectivity index (χ2v) is 4.43. The number of carboxylic acid groups (broad SMARTS) is 1. The van der Waals surface area contributed by atoms with Gasteiger partial charge in [0.15, 0.2) is 0 Å². The molecule has 1 aliphatic rings. The molecule has 0 unspecified atom stereocenters. The number of rotatable bonds is 2. The van der Waals surface area contributed by atoms with Gasteiger partial charge in [0, 0.05) is 18.1 Å². The molecule has 1 aromatic carbocycles. The predicted octanol–water partition coefficient (Wildman–Crippen LogP) is 2.03. The second-order valence-electron chi connectivity index (χ2n) is 3.99. The number of aliphatic carboxylic acids is 1. The first-order chi connectivity index (χ1) is 8.47. The van der Waals surface area contributed by atoms with Crippen LogP contribution >= 0.6 is 11.6 Å². The minimum Gasteiger partial charge on any atom is -0.481 e. The highest BCUT2D eigenvalue weighted by Gasteiger charge is 2.35. The monoisotopic (exact) mass is 272 g/mol. The number of urea groups is 1. The number of benzene rings is 1. The molecule has 1 aliphatic heterocycles. The number of nitrogens with one attached hydrogen (secondary N) is 1. The van der Waals surface area contributed by atoms with Crippen molar-refractivity contribution in [3.8, 4) is 0 Å². The molecule has 96 valence electrons. The molecule has 1 saturated heterocycles. The number of nitrogens with zero attached hydrogens (tertiary/aromatic N) is 1. The Kier molecular flexibility index (Phi) is 3.38. The maximum Gasteiger partial charge on any atom is 0.321 e. The Balaban J connectivity index is 1.96. The van der Waals surface area contributed by atoms with Gasteiger partial charge >= 0.3 is 12.0 Å². The van der Waals surface area contributed by atoms with E-state index in [-0.39, 0.29) is 18.8 Å². The van der Waals surface area contributed by atoms with E-state index in [1.807, 2.05) is 0 Å². The molecule has 7 heteroatoms. The number of carboxylic acids is 1. The second kappa shape index (κ2) is 4.81. The Morgan fingerprint density at radius 1 is 1.44 bits per heavy atom. The van der Waals surface area contributed by atoms with E-state index in [0.29, 0.717) is 5.02 Å². The molecule has 0 atom stereocenters. The van der Waals surface area contributed by atoms with Crippen LogP contribution in [0.4, 0.5) is 14.9 Å². The van der Waals surface area contributed by atoms with Gasteiger partial charge in [0.25, 0.3) is 0 Å². The van der Waals surface area contributed by atoms with Crippen molar-refractivity contribution >= 4 is 29.3 Å². The summed E-state index contributed by atoms with van der Waals surface area (Å²) in [6.45, 7) is 0.257. The Labute approximate surface area is 107 Å². The Morgan fingerprint density at radius 2 is 2.11 bits per heavy atom. The lowest BCUT2D eigenvalue weighted by Crippen LogP contribution is -2.54. The number of likely N-dealkylation sites (tertiary alicyclic amines) is 1. The molecule has 1 aromatic rings. The SMILES string of the molecule is O=C(O)C1CN(C(=O)Nc2cc(Cl)ccc2F)C1. The highest BCUT2D eigenvalue weighted by Crippen LogP contribution is 2.22. The number of amides is 2. The molecule has 0 bridgehead atoms. The van der Waals surface area contributed by atoms with Crippen molar-refractivity contribution < 1.29 is 19.1 Å². The molecule has 0 saturated carbocycles. The minimum absolute atomic E-state index is 0.0220. The van der Waals surface area contributed by atoms with Gasteiger partial charge in [0.05, 0.1) is 11.6 Å². The highest BCUT2D eigenvalue weighted by atomic mass is 35.5. The van der Waals surface area contributed by atoms with Crippen molar-refractivity contribution in [2.75, 3.05) is 18.4 Å². The van der Waals surface area contributed by atoms with Crippen LogP contribution in [0.25, 0.3) is 0 Å². The zero-order chi connectivity index (χ0) is 13.3. The maximum atomic E-state index is 13.3. The predicted molar refractivity (Wildman–Crippen MR) is 63.1 cm³/mol. The average molecular weight is 273 g/mol. The van der Waals surface area contributed by atoms with Crippen LogP contribution in [0.2, 0.25) is 5.02 Å². The van der Waals surface area contributed by atoms with Crippen LogP contribution in [-0.4, -0.2) is 35.1 Å². The molecule has 0 aromatic heterocycles. The van der Waals surface area contributed by atoms with Crippen LogP contribution in [-0.2, 0) is 4.79 Å². The van der Waals surface area contributed by atoms with Gasteiger partial charge in [-0.2, -0.15) is 0 Å². The number of hydrogen-bond donors (Lipinski definition) is 2. The van der Waals surface area contributed by atoms with Crippen molar-refractivity contribution in [1.82, 2.24) is 4.90 Å². The molecule has 0 spiro atoms. The molecule has 1 fully saturated rings. The molecule has 0 radical (unpaired) electrons.